The van der Waals surface area contributed by atoms with Crippen molar-refractivity contribution in [1.82, 2.24) is 10.3 Å². The zero-order valence-corrected chi connectivity index (χ0v) is 12.4. The van der Waals surface area contributed by atoms with Gasteiger partial charge in [-0.3, -0.25) is 4.79 Å². The second-order valence-electron chi connectivity index (χ2n) is 5.00. The van der Waals surface area contributed by atoms with Gasteiger partial charge < -0.3 is 10.1 Å². The van der Waals surface area contributed by atoms with E-state index in [-0.39, 0.29) is 11.8 Å². The maximum Gasteiger partial charge on any atom is 0.220 e. The Hall–Kier alpha value is -2.36. The van der Waals surface area contributed by atoms with E-state index in [1.54, 1.807) is 13.3 Å². The molecule has 0 radical (unpaired) electrons. The predicted octanol–water partition coefficient (Wildman–Crippen LogP) is 2.90. The highest BCUT2D eigenvalue weighted by Gasteiger charge is 2.10. The van der Waals surface area contributed by atoms with Crippen molar-refractivity contribution in [3.63, 3.8) is 0 Å². The fraction of sp³-hybridized carbons (Fsp3) is 0.294. The molecule has 0 aliphatic rings. The zero-order chi connectivity index (χ0) is 15.1. The Labute approximate surface area is 125 Å². The molecule has 110 valence electrons. The van der Waals surface area contributed by atoms with E-state index < -0.39 is 0 Å². The summed E-state index contributed by atoms with van der Waals surface area (Å²) in [5.41, 5.74) is 2.15. The fourth-order valence-electron chi connectivity index (χ4n) is 2.12. The van der Waals surface area contributed by atoms with E-state index in [2.05, 4.69) is 17.2 Å². The summed E-state index contributed by atoms with van der Waals surface area (Å²) >= 11 is 0. The first-order valence-corrected chi connectivity index (χ1v) is 6.99. The lowest BCUT2D eigenvalue weighted by Crippen LogP contribution is -2.24. The zero-order valence-electron chi connectivity index (χ0n) is 12.4. The van der Waals surface area contributed by atoms with Gasteiger partial charge in [0.05, 0.1) is 7.11 Å². The third kappa shape index (κ3) is 4.60. The van der Waals surface area contributed by atoms with Crippen LogP contribution in [0.3, 0.4) is 0 Å². The molecule has 1 amide bonds. The quantitative estimate of drug-likeness (QED) is 0.887. The number of rotatable bonds is 6. The van der Waals surface area contributed by atoms with Crippen LogP contribution < -0.4 is 10.1 Å². The Kier molecular flexibility index (Phi) is 5.32. The average molecular weight is 284 g/mol. The van der Waals surface area contributed by atoms with Gasteiger partial charge in [0, 0.05) is 25.2 Å². The van der Waals surface area contributed by atoms with Crippen molar-refractivity contribution in [2.24, 2.45) is 0 Å². The molecular formula is C17H20N2O2. The number of nitrogens with zero attached hydrogens (tertiary/aromatic N) is 1. The molecule has 2 rings (SSSR count). The molecule has 1 atom stereocenters. The molecule has 0 saturated carbocycles. The molecule has 1 aromatic heterocycles. The first kappa shape index (κ1) is 15.0. The molecule has 0 unspecified atom stereocenters. The molecule has 1 N–H and O–H groups in total. The van der Waals surface area contributed by atoms with Crippen LogP contribution in [-0.2, 0) is 11.3 Å². The van der Waals surface area contributed by atoms with Gasteiger partial charge in [-0.1, -0.05) is 37.3 Å². The number of carbonyl (C=O) groups excluding carboxylic acids is 1. The monoisotopic (exact) mass is 284 g/mol. The summed E-state index contributed by atoms with van der Waals surface area (Å²) in [7, 11) is 1.58. The van der Waals surface area contributed by atoms with E-state index in [9.17, 15) is 4.79 Å². The topological polar surface area (TPSA) is 51.2 Å². The maximum absolute atomic E-state index is 12.0. The SMILES string of the molecule is COc1cc(CNC(=O)C[C@H](C)c2ccccc2)ccn1. The van der Waals surface area contributed by atoms with Gasteiger partial charge in [-0.25, -0.2) is 4.98 Å². The van der Waals surface area contributed by atoms with Gasteiger partial charge in [-0.2, -0.15) is 0 Å². The molecule has 0 bridgehead atoms. The first-order chi connectivity index (χ1) is 10.2. The van der Waals surface area contributed by atoms with E-state index >= 15 is 0 Å². The van der Waals surface area contributed by atoms with Crippen LogP contribution in [0.15, 0.2) is 48.7 Å². The number of pyridine rings is 1. The van der Waals surface area contributed by atoms with E-state index in [1.807, 2.05) is 42.5 Å². The van der Waals surface area contributed by atoms with Gasteiger partial charge in [0.15, 0.2) is 0 Å². The summed E-state index contributed by atoms with van der Waals surface area (Å²) < 4.78 is 5.06. The summed E-state index contributed by atoms with van der Waals surface area (Å²) in [6.07, 6.45) is 2.15. The summed E-state index contributed by atoms with van der Waals surface area (Å²) in [5.74, 6) is 0.805. The third-order valence-corrected chi connectivity index (χ3v) is 3.36. The highest BCUT2D eigenvalue weighted by molar-refractivity contribution is 5.76. The molecule has 2 aromatic rings. The Morgan fingerprint density at radius 1 is 1.29 bits per heavy atom. The molecule has 21 heavy (non-hydrogen) atoms. The van der Waals surface area contributed by atoms with Crippen LogP contribution in [0.25, 0.3) is 0 Å². The molecule has 4 heteroatoms. The molecule has 0 saturated heterocycles. The van der Waals surface area contributed by atoms with E-state index in [4.69, 9.17) is 4.74 Å². The Morgan fingerprint density at radius 3 is 2.76 bits per heavy atom. The van der Waals surface area contributed by atoms with Crippen molar-refractivity contribution in [3.05, 3.63) is 59.8 Å². The van der Waals surface area contributed by atoms with Crippen LogP contribution in [-0.4, -0.2) is 18.0 Å². The lowest BCUT2D eigenvalue weighted by Gasteiger charge is -2.12. The number of ether oxygens (including phenoxy) is 1. The molecule has 0 aliphatic heterocycles. The Bertz CT molecular complexity index is 584. The molecule has 0 spiro atoms. The van der Waals surface area contributed by atoms with Gasteiger partial charge in [-0.15, -0.1) is 0 Å². The van der Waals surface area contributed by atoms with Gasteiger partial charge in [-0.05, 0) is 23.1 Å². The van der Waals surface area contributed by atoms with Gasteiger partial charge in [0.1, 0.15) is 0 Å². The van der Waals surface area contributed by atoms with Gasteiger partial charge in [0.25, 0.3) is 0 Å². The van der Waals surface area contributed by atoms with E-state index in [0.717, 1.165) is 5.56 Å². The standard InChI is InChI=1S/C17H20N2O2/c1-13(15-6-4-3-5-7-15)10-16(20)19-12-14-8-9-18-17(11-14)21-2/h3-9,11,13H,10,12H2,1-2H3,(H,19,20)/t13-/m0/s1. The van der Waals surface area contributed by atoms with E-state index in [0.29, 0.717) is 18.8 Å². The minimum atomic E-state index is 0.0436. The Balaban J connectivity index is 1.84. The average Bonchev–Trinajstić information content (AvgIpc) is 2.54. The molecule has 0 aliphatic carbocycles. The second-order valence-corrected chi connectivity index (χ2v) is 5.00. The van der Waals surface area contributed by atoms with Crippen LogP contribution in [0.1, 0.15) is 30.4 Å². The van der Waals surface area contributed by atoms with Crippen LogP contribution in [0.4, 0.5) is 0 Å². The summed E-state index contributed by atoms with van der Waals surface area (Å²) in [4.78, 5) is 16.0. The number of carbonyl (C=O) groups is 1. The van der Waals surface area contributed by atoms with Crippen LogP contribution in [0.2, 0.25) is 0 Å². The Morgan fingerprint density at radius 2 is 2.05 bits per heavy atom. The van der Waals surface area contributed by atoms with Gasteiger partial charge >= 0.3 is 0 Å². The minimum Gasteiger partial charge on any atom is -0.481 e. The summed E-state index contributed by atoms with van der Waals surface area (Å²) in [6.45, 7) is 2.55. The number of aromatic nitrogens is 1. The van der Waals surface area contributed by atoms with Crippen molar-refractivity contribution in [2.45, 2.75) is 25.8 Å². The largest absolute Gasteiger partial charge is 0.481 e. The minimum absolute atomic E-state index is 0.0436. The molecule has 1 aromatic carbocycles. The lowest BCUT2D eigenvalue weighted by atomic mass is 9.97. The highest BCUT2D eigenvalue weighted by atomic mass is 16.5. The summed E-state index contributed by atoms with van der Waals surface area (Å²) in [5, 5.41) is 2.93. The molecule has 1 heterocycles. The molecule has 0 fully saturated rings. The maximum atomic E-state index is 12.0. The van der Waals surface area contributed by atoms with E-state index in [1.165, 1.54) is 5.56 Å². The highest BCUT2D eigenvalue weighted by Crippen LogP contribution is 2.18. The summed E-state index contributed by atoms with van der Waals surface area (Å²) in [6, 6.07) is 13.7. The van der Waals surface area contributed by atoms with Crippen molar-refractivity contribution in [1.29, 1.82) is 0 Å². The fourth-order valence-corrected chi connectivity index (χ4v) is 2.12. The second kappa shape index (κ2) is 7.43. The predicted molar refractivity (Wildman–Crippen MR) is 82.1 cm³/mol. The normalized spacial score (nSPS) is 11.7. The number of hydrogen-bond acceptors (Lipinski definition) is 3. The lowest BCUT2D eigenvalue weighted by molar-refractivity contribution is -0.121. The number of hydrogen-bond donors (Lipinski definition) is 1. The number of nitrogens with one attached hydrogen (secondary N) is 1. The van der Waals surface area contributed by atoms with Crippen LogP contribution in [0, 0.1) is 0 Å². The van der Waals surface area contributed by atoms with Gasteiger partial charge in [0.2, 0.25) is 11.8 Å². The smallest absolute Gasteiger partial charge is 0.220 e. The van der Waals surface area contributed by atoms with Crippen LogP contribution in [0.5, 0.6) is 5.88 Å². The van der Waals surface area contributed by atoms with Crippen molar-refractivity contribution in [2.75, 3.05) is 7.11 Å². The number of benzene rings is 1. The molecule has 4 nitrogen and oxygen atoms in total. The number of methoxy groups -OCH3 is 1. The van der Waals surface area contributed by atoms with Crippen molar-refractivity contribution >= 4 is 5.91 Å². The van der Waals surface area contributed by atoms with Crippen LogP contribution >= 0.6 is 0 Å². The van der Waals surface area contributed by atoms with Crippen molar-refractivity contribution in [3.8, 4) is 5.88 Å². The van der Waals surface area contributed by atoms with Crippen molar-refractivity contribution < 1.29 is 9.53 Å². The third-order valence-electron chi connectivity index (χ3n) is 3.36. The molecular weight excluding hydrogens is 264 g/mol. The first-order valence-electron chi connectivity index (χ1n) is 6.99. The number of amides is 1.